The predicted octanol–water partition coefficient (Wildman–Crippen LogP) is 3.28. The van der Waals surface area contributed by atoms with Gasteiger partial charge in [0.05, 0.1) is 10.9 Å². The molecule has 0 aliphatic rings. The van der Waals surface area contributed by atoms with Crippen LogP contribution >= 0.6 is 22.9 Å². The topological polar surface area (TPSA) is 20.2 Å². The summed E-state index contributed by atoms with van der Waals surface area (Å²) in [5.41, 5.74) is 0. The number of aliphatic hydroxyl groups is 1. The molecule has 0 fully saturated rings. The van der Waals surface area contributed by atoms with Crippen molar-refractivity contribution in [2.75, 3.05) is 6.61 Å². The van der Waals surface area contributed by atoms with Crippen LogP contribution in [0.1, 0.15) is 30.6 Å². The maximum Gasteiger partial charge on any atom is 0.0931 e. The van der Waals surface area contributed by atoms with Gasteiger partial charge in [-0.15, -0.1) is 11.3 Å². The zero-order valence-electron chi connectivity index (χ0n) is 7.09. The van der Waals surface area contributed by atoms with Crippen molar-refractivity contribution in [3.8, 4) is 0 Å². The van der Waals surface area contributed by atoms with Crippen molar-refractivity contribution in [2.45, 2.75) is 25.7 Å². The van der Waals surface area contributed by atoms with E-state index in [0.717, 1.165) is 17.2 Å². The van der Waals surface area contributed by atoms with Crippen LogP contribution in [0, 0.1) is 0 Å². The summed E-state index contributed by atoms with van der Waals surface area (Å²) >= 11 is 7.36. The highest BCUT2D eigenvalue weighted by atomic mass is 35.5. The molecule has 0 spiro atoms. The normalized spacial score (nSPS) is 13.2. The first-order chi connectivity index (χ1) is 5.77. The zero-order chi connectivity index (χ0) is 8.97. The first-order valence-corrected chi connectivity index (χ1v) is 5.33. The molecule has 0 saturated heterocycles. The second-order valence-electron chi connectivity index (χ2n) is 2.81. The molecule has 1 heterocycles. The quantitative estimate of drug-likeness (QED) is 0.798. The fourth-order valence-corrected chi connectivity index (χ4v) is 2.41. The smallest absolute Gasteiger partial charge is 0.0931 e. The third-order valence-corrected chi connectivity index (χ3v) is 3.25. The van der Waals surface area contributed by atoms with Crippen LogP contribution in [-0.2, 0) is 0 Å². The summed E-state index contributed by atoms with van der Waals surface area (Å²) < 4.78 is 0.805. The van der Waals surface area contributed by atoms with Crippen molar-refractivity contribution in [2.24, 2.45) is 0 Å². The molecule has 68 valence electrons. The Kier molecular flexibility index (Phi) is 4.06. The summed E-state index contributed by atoms with van der Waals surface area (Å²) in [5.74, 6) is 0.285. The number of thiophene rings is 1. The van der Waals surface area contributed by atoms with E-state index in [2.05, 4.69) is 6.92 Å². The first-order valence-electron chi connectivity index (χ1n) is 4.14. The van der Waals surface area contributed by atoms with Crippen LogP contribution in [0.25, 0.3) is 0 Å². The number of hydrogen-bond donors (Lipinski definition) is 1. The van der Waals surface area contributed by atoms with Crippen LogP contribution in [0.3, 0.4) is 0 Å². The van der Waals surface area contributed by atoms with Crippen molar-refractivity contribution in [1.82, 2.24) is 0 Å². The third-order valence-electron chi connectivity index (χ3n) is 1.85. The first kappa shape index (κ1) is 10.0. The van der Waals surface area contributed by atoms with Gasteiger partial charge in [0.25, 0.3) is 0 Å². The van der Waals surface area contributed by atoms with E-state index in [1.807, 2.05) is 12.1 Å². The molecule has 0 saturated carbocycles. The van der Waals surface area contributed by atoms with Gasteiger partial charge in [-0.25, -0.2) is 0 Å². The van der Waals surface area contributed by atoms with E-state index < -0.39 is 0 Å². The maximum absolute atomic E-state index is 9.08. The average Bonchev–Trinajstić information content (AvgIpc) is 2.47. The van der Waals surface area contributed by atoms with Crippen LogP contribution < -0.4 is 0 Å². The Labute approximate surface area is 82.0 Å². The van der Waals surface area contributed by atoms with Crippen LogP contribution in [0.4, 0.5) is 0 Å². The highest BCUT2D eigenvalue weighted by Gasteiger charge is 2.10. The molecule has 1 rings (SSSR count). The summed E-state index contributed by atoms with van der Waals surface area (Å²) in [5, 5.41) is 9.08. The molecule has 1 aromatic heterocycles. The largest absolute Gasteiger partial charge is 0.396 e. The Morgan fingerprint density at radius 3 is 2.75 bits per heavy atom. The number of rotatable bonds is 4. The van der Waals surface area contributed by atoms with E-state index in [0.29, 0.717) is 0 Å². The van der Waals surface area contributed by atoms with Gasteiger partial charge in [-0.1, -0.05) is 24.9 Å². The van der Waals surface area contributed by atoms with Crippen molar-refractivity contribution in [3.05, 3.63) is 21.3 Å². The maximum atomic E-state index is 9.08. The molecule has 0 aliphatic carbocycles. The van der Waals surface area contributed by atoms with Crippen LogP contribution in [-0.4, -0.2) is 11.7 Å². The molecule has 0 radical (unpaired) electrons. The Balaban J connectivity index is 2.66. The Morgan fingerprint density at radius 1 is 1.58 bits per heavy atom. The third kappa shape index (κ3) is 2.47. The molecule has 1 nitrogen and oxygen atoms in total. The van der Waals surface area contributed by atoms with E-state index in [4.69, 9.17) is 16.7 Å². The molecule has 1 unspecified atom stereocenters. The lowest BCUT2D eigenvalue weighted by molar-refractivity contribution is 0.260. The Bertz CT molecular complexity index is 234. The van der Waals surface area contributed by atoms with Crippen LogP contribution in [0.5, 0.6) is 0 Å². The van der Waals surface area contributed by atoms with Gasteiger partial charge in [0.1, 0.15) is 0 Å². The SMILES string of the molecule is CCCC(CO)c1ccc(Cl)s1. The Morgan fingerprint density at radius 2 is 2.33 bits per heavy atom. The molecule has 1 N–H and O–H groups in total. The number of aliphatic hydroxyl groups excluding tert-OH is 1. The van der Waals surface area contributed by atoms with E-state index in [9.17, 15) is 0 Å². The number of halogens is 1. The fourth-order valence-electron chi connectivity index (χ4n) is 1.22. The minimum absolute atomic E-state index is 0.227. The molecule has 0 bridgehead atoms. The highest BCUT2D eigenvalue weighted by molar-refractivity contribution is 7.16. The standard InChI is InChI=1S/C9H13ClOS/c1-2-3-7(6-11)8-4-5-9(10)12-8/h4-5,7,11H,2-3,6H2,1H3. The molecule has 1 atom stereocenters. The minimum Gasteiger partial charge on any atom is -0.396 e. The molecular weight excluding hydrogens is 192 g/mol. The lowest BCUT2D eigenvalue weighted by Crippen LogP contribution is -2.00. The van der Waals surface area contributed by atoms with Gasteiger partial charge < -0.3 is 5.11 Å². The molecule has 1 aromatic rings. The molecular formula is C9H13ClOS. The van der Waals surface area contributed by atoms with Gasteiger partial charge in [-0.05, 0) is 18.6 Å². The summed E-state index contributed by atoms with van der Waals surface area (Å²) in [6.45, 7) is 2.35. The lowest BCUT2D eigenvalue weighted by atomic mass is 10.0. The monoisotopic (exact) mass is 204 g/mol. The van der Waals surface area contributed by atoms with Crippen molar-refractivity contribution in [1.29, 1.82) is 0 Å². The van der Waals surface area contributed by atoms with Crippen molar-refractivity contribution < 1.29 is 5.11 Å². The van der Waals surface area contributed by atoms with Gasteiger partial charge in [0.15, 0.2) is 0 Å². The molecule has 12 heavy (non-hydrogen) atoms. The number of hydrogen-bond acceptors (Lipinski definition) is 2. The second kappa shape index (κ2) is 4.85. The summed E-state index contributed by atoms with van der Waals surface area (Å²) in [6, 6.07) is 3.89. The van der Waals surface area contributed by atoms with Gasteiger partial charge in [0.2, 0.25) is 0 Å². The summed E-state index contributed by atoms with van der Waals surface area (Å²) in [6.07, 6.45) is 2.13. The van der Waals surface area contributed by atoms with Crippen molar-refractivity contribution >= 4 is 22.9 Å². The van der Waals surface area contributed by atoms with Gasteiger partial charge in [-0.3, -0.25) is 0 Å². The van der Waals surface area contributed by atoms with E-state index >= 15 is 0 Å². The van der Waals surface area contributed by atoms with Gasteiger partial charge in [0, 0.05) is 10.8 Å². The molecule has 0 aromatic carbocycles. The second-order valence-corrected chi connectivity index (χ2v) is 4.56. The average molecular weight is 205 g/mol. The van der Waals surface area contributed by atoms with Gasteiger partial charge in [-0.2, -0.15) is 0 Å². The summed E-state index contributed by atoms with van der Waals surface area (Å²) in [7, 11) is 0. The van der Waals surface area contributed by atoms with E-state index in [1.54, 1.807) is 11.3 Å². The van der Waals surface area contributed by atoms with Crippen molar-refractivity contribution in [3.63, 3.8) is 0 Å². The molecule has 0 amide bonds. The summed E-state index contributed by atoms with van der Waals surface area (Å²) in [4.78, 5) is 1.20. The van der Waals surface area contributed by atoms with Crippen LogP contribution in [0.15, 0.2) is 12.1 Å². The Hall–Kier alpha value is -0.0500. The van der Waals surface area contributed by atoms with E-state index in [1.165, 1.54) is 4.88 Å². The van der Waals surface area contributed by atoms with E-state index in [-0.39, 0.29) is 12.5 Å². The van der Waals surface area contributed by atoms with Gasteiger partial charge >= 0.3 is 0 Å². The lowest BCUT2D eigenvalue weighted by Gasteiger charge is -2.09. The fraction of sp³-hybridized carbons (Fsp3) is 0.556. The molecule has 3 heteroatoms. The highest BCUT2D eigenvalue weighted by Crippen LogP contribution is 2.30. The molecule has 0 aliphatic heterocycles. The predicted molar refractivity (Wildman–Crippen MR) is 54.1 cm³/mol. The zero-order valence-corrected chi connectivity index (χ0v) is 8.66. The minimum atomic E-state index is 0.227. The van der Waals surface area contributed by atoms with Crippen LogP contribution in [0.2, 0.25) is 4.34 Å².